The highest BCUT2D eigenvalue weighted by molar-refractivity contribution is 5.85. The summed E-state index contributed by atoms with van der Waals surface area (Å²) in [6.07, 6.45) is 24.4. The smallest absolute Gasteiger partial charge is 0.252 e. The van der Waals surface area contributed by atoms with Gasteiger partial charge in [-0.2, -0.15) is 0 Å². The Morgan fingerprint density at radius 3 is 1.53 bits per heavy atom. The topological polar surface area (TPSA) is 78.8 Å². The van der Waals surface area contributed by atoms with Crippen molar-refractivity contribution in [2.24, 2.45) is 0 Å². The molecule has 0 aromatic carbocycles. The Morgan fingerprint density at radius 2 is 1.06 bits per heavy atom. The molecule has 0 aliphatic heterocycles. The first-order valence-electron chi connectivity index (χ1n) is 14.8. The van der Waals surface area contributed by atoms with Gasteiger partial charge in [0.15, 0.2) is 0 Å². The summed E-state index contributed by atoms with van der Waals surface area (Å²) < 4.78 is 6.31. The number of amides is 1. The van der Waals surface area contributed by atoms with E-state index >= 15 is 0 Å². The number of aliphatic hydroxyl groups is 2. The average molecular weight is 486 g/mol. The molecule has 0 spiro atoms. The summed E-state index contributed by atoms with van der Waals surface area (Å²) in [5, 5.41) is 21.4. The molecular weight excluding hydrogens is 426 g/mol. The number of hydrogen-bond donors (Lipinski definition) is 3. The summed E-state index contributed by atoms with van der Waals surface area (Å²) in [5.41, 5.74) is -0.875. The molecule has 3 N–H and O–H groups in total. The van der Waals surface area contributed by atoms with Crippen molar-refractivity contribution in [1.82, 2.24) is 5.32 Å². The van der Waals surface area contributed by atoms with E-state index in [-0.39, 0.29) is 25.7 Å². The lowest BCUT2D eigenvalue weighted by molar-refractivity contribution is -0.151. The molecular formula is C29H59NO4. The molecule has 0 heterocycles. The Morgan fingerprint density at radius 1 is 0.618 bits per heavy atom. The maximum absolute atomic E-state index is 13.0. The molecule has 0 aliphatic rings. The molecule has 0 bridgehead atoms. The molecule has 0 saturated carbocycles. The third-order valence-corrected chi connectivity index (χ3v) is 6.86. The molecule has 1 unspecified atom stereocenters. The van der Waals surface area contributed by atoms with Gasteiger partial charge in [-0.3, -0.25) is 4.79 Å². The van der Waals surface area contributed by atoms with Crippen LogP contribution in [-0.4, -0.2) is 48.1 Å². The molecule has 0 fully saturated rings. The van der Waals surface area contributed by atoms with Crippen LogP contribution in [0.1, 0.15) is 149 Å². The van der Waals surface area contributed by atoms with Gasteiger partial charge in [-0.15, -0.1) is 0 Å². The first-order chi connectivity index (χ1) is 16.7. The number of carbonyl (C=O) groups is 1. The zero-order valence-corrected chi connectivity index (χ0v) is 22.9. The van der Waals surface area contributed by atoms with Crippen LogP contribution in [0.15, 0.2) is 0 Å². The zero-order chi connectivity index (χ0) is 25.2. The predicted octanol–water partition coefficient (Wildman–Crippen LogP) is 7.07. The number of nitrogens with one attached hydrogen (secondary N) is 1. The van der Waals surface area contributed by atoms with E-state index in [0.29, 0.717) is 25.9 Å². The van der Waals surface area contributed by atoms with Gasteiger partial charge in [0.1, 0.15) is 5.60 Å². The molecule has 5 nitrogen and oxygen atoms in total. The minimum absolute atomic E-state index is 0.0630. The highest BCUT2D eigenvalue weighted by Gasteiger charge is 2.38. The van der Waals surface area contributed by atoms with Crippen molar-refractivity contribution in [3.8, 4) is 0 Å². The van der Waals surface area contributed by atoms with Crippen LogP contribution in [0.2, 0.25) is 0 Å². The minimum atomic E-state index is -0.875. The van der Waals surface area contributed by atoms with Gasteiger partial charge in [-0.1, -0.05) is 123 Å². The Bertz CT molecular complexity index is 432. The van der Waals surface area contributed by atoms with Crippen LogP contribution in [0.3, 0.4) is 0 Å². The van der Waals surface area contributed by atoms with E-state index < -0.39 is 5.60 Å². The minimum Gasteiger partial charge on any atom is -0.396 e. The number of rotatable bonds is 27. The van der Waals surface area contributed by atoms with Crippen molar-refractivity contribution in [2.45, 2.75) is 154 Å². The lowest BCUT2D eigenvalue weighted by atomic mass is 9.89. The SMILES string of the molecule is CCCCCCCCCCCCCCOC(CCCO)(CCCCCCCC)C(=O)NCCO. The van der Waals surface area contributed by atoms with Crippen LogP contribution in [0.5, 0.6) is 0 Å². The van der Waals surface area contributed by atoms with Crippen LogP contribution in [0.25, 0.3) is 0 Å². The molecule has 34 heavy (non-hydrogen) atoms. The van der Waals surface area contributed by atoms with E-state index in [1.165, 1.54) is 89.9 Å². The van der Waals surface area contributed by atoms with Crippen LogP contribution in [-0.2, 0) is 9.53 Å². The molecule has 0 radical (unpaired) electrons. The van der Waals surface area contributed by atoms with Gasteiger partial charge in [0.2, 0.25) is 0 Å². The first kappa shape index (κ1) is 33.4. The summed E-state index contributed by atoms with van der Waals surface area (Å²) in [7, 11) is 0. The van der Waals surface area contributed by atoms with E-state index in [1.807, 2.05) is 0 Å². The Balaban J connectivity index is 4.33. The van der Waals surface area contributed by atoms with E-state index in [4.69, 9.17) is 9.84 Å². The summed E-state index contributed by atoms with van der Waals surface area (Å²) in [6.45, 7) is 5.31. The summed E-state index contributed by atoms with van der Waals surface area (Å²) in [6, 6.07) is 0. The third-order valence-electron chi connectivity index (χ3n) is 6.86. The second kappa shape index (κ2) is 25.4. The molecule has 5 heteroatoms. The zero-order valence-electron chi connectivity index (χ0n) is 22.9. The van der Waals surface area contributed by atoms with Crippen LogP contribution >= 0.6 is 0 Å². The van der Waals surface area contributed by atoms with Crippen molar-refractivity contribution < 1.29 is 19.7 Å². The normalized spacial score (nSPS) is 13.2. The number of ether oxygens (including phenoxy) is 1. The Kier molecular flexibility index (Phi) is 25.0. The Labute approximate surface area is 211 Å². The summed E-state index contributed by atoms with van der Waals surface area (Å²) >= 11 is 0. The molecule has 0 aliphatic carbocycles. The first-order valence-corrected chi connectivity index (χ1v) is 14.8. The van der Waals surface area contributed by atoms with Crippen LogP contribution in [0, 0.1) is 0 Å². The number of aliphatic hydroxyl groups excluding tert-OH is 2. The number of unbranched alkanes of at least 4 members (excludes halogenated alkanes) is 16. The fourth-order valence-corrected chi connectivity index (χ4v) is 4.66. The highest BCUT2D eigenvalue weighted by Crippen LogP contribution is 2.27. The van der Waals surface area contributed by atoms with Gasteiger partial charge in [-0.25, -0.2) is 0 Å². The van der Waals surface area contributed by atoms with Crippen molar-refractivity contribution in [3.05, 3.63) is 0 Å². The number of hydrogen-bond acceptors (Lipinski definition) is 4. The standard InChI is InChI=1S/C29H59NO4/c1-3-5-7-9-11-12-13-14-15-16-18-20-27-34-29(23-21-25-31,28(33)30-24-26-32)22-19-17-10-8-6-4-2/h31-32H,3-27H2,1-2H3,(H,30,33). The lowest BCUT2D eigenvalue weighted by Crippen LogP contribution is -2.50. The van der Waals surface area contributed by atoms with Crippen molar-refractivity contribution in [1.29, 1.82) is 0 Å². The Hall–Kier alpha value is -0.650. The predicted molar refractivity (Wildman–Crippen MR) is 144 cm³/mol. The van der Waals surface area contributed by atoms with E-state index in [0.717, 1.165) is 25.7 Å². The van der Waals surface area contributed by atoms with Gasteiger partial charge in [-0.05, 0) is 25.7 Å². The van der Waals surface area contributed by atoms with Gasteiger partial charge < -0.3 is 20.3 Å². The maximum Gasteiger partial charge on any atom is 0.252 e. The maximum atomic E-state index is 13.0. The quantitative estimate of drug-likeness (QED) is 0.109. The number of carbonyl (C=O) groups excluding carboxylic acids is 1. The van der Waals surface area contributed by atoms with Gasteiger partial charge >= 0.3 is 0 Å². The van der Waals surface area contributed by atoms with Crippen LogP contribution in [0.4, 0.5) is 0 Å². The second-order valence-corrected chi connectivity index (χ2v) is 10.1. The molecule has 1 atom stereocenters. The molecule has 0 aromatic heterocycles. The molecule has 0 aromatic rings. The van der Waals surface area contributed by atoms with Crippen molar-refractivity contribution in [3.63, 3.8) is 0 Å². The van der Waals surface area contributed by atoms with E-state index in [1.54, 1.807) is 0 Å². The van der Waals surface area contributed by atoms with Crippen molar-refractivity contribution >= 4 is 5.91 Å². The van der Waals surface area contributed by atoms with E-state index in [2.05, 4.69) is 19.2 Å². The molecule has 0 saturated heterocycles. The molecule has 1 amide bonds. The molecule has 0 rings (SSSR count). The summed E-state index contributed by atoms with van der Waals surface area (Å²) in [4.78, 5) is 13.0. The monoisotopic (exact) mass is 485 g/mol. The van der Waals surface area contributed by atoms with Gasteiger partial charge in [0.05, 0.1) is 6.61 Å². The largest absolute Gasteiger partial charge is 0.396 e. The highest BCUT2D eigenvalue weighted by atomic mass is 16.5. The van der Waals surface area contributed by atoms with E-state index in [9.17, 15) is 9.90 Å². The van der Waals surface area contributed by atoms with Gasteiger partial charge in [0.25, 0.3) is 5.91 Å². The average Bonchev–Trinajstić information content (AvgIpc) is 2.85. The molecule has 204 valence electrons. The van der Waals surface area contributed by atoms with Crippen LogP contribution < -0.4 is 5.32 Å². The fourth-order valence-electron chi connectivity index (χ4n) is 4.66. The van der Waals surface area contributed by atoms with Gasteiger partial charge in [0, 0.05) is 19.8 Å². The second-order valence-electron chi connectivity index (χ2n) is 10.1. The fraction of sp³-hybridized carbons (Fsp3) is 0.966. The third kappa shape index (κ3) is 18.6. The summed E-state index contributed by atoms with van der Waals surface area (Å²) in [5.74, 6) is -0.123. The lowest BCUT2D eigenvalue weighted by Gasteiger charge is -2.33. The van der Waals surface area contributed by atoms with Crippen molar-refractivity contribution in [2.75, 3.05) is 26.4 Å².